The van der Waals surface area contributed by atoms with Gasteiger partial charge in [0, 0.05) is 35.8 Å². The van der Waals surface area contributed by atoms with Crippen LogP contribution in [0.2, 0.25) is 5.02 Å². The number of hydrogen-bond donors (Lipinski definition) is 1. The summed E-state index contributed by atoms with van der Waals surface area (Å²) < 4.78 is 5.27. The SMILES string of the molecule is COc1ccc(Cl)cc1NC(=O)CCC1CCCN(C(=O)CCc2scnc2C)C1. The maximum atomic E-state index is 12.6. The Hall–Kier alpha value is -2.12. The van der Waals surface area contributed by atoms with Crippen molar-refractivity contribution in [2.75, 3.05) is 25.5 Å². The molecule has 1 N–H and O–H groups in total. The summed E-state index contributed by atoms with van der Waals surface area (Å²) in [4.78, 5) is 32.4. The standard InChI is InChI=1S/C22H28ClN3O3S/c1-15-20(30-14-24-15)8-10-22(28)26-11-3-4-16(13-26)5-9-21(27)25-18-12-17(23)6-7-19(18)29-2/h6-7,12,14,16H,3-5,8-11,13H2,1-2H3,(H,25,27). The average molecular weight is 450 g/mol. The molecule has 2 heterocycles. The van der Waals surface area contributed by atoms with Gasteiger partial charge in [-0.3, -0.25) is 9.59 Å². The maximum absolute atomic E-state index is 12.6. The van der Waals surface area contributed by atoms with Crippen LogP contribution in [-0.4, -0.2) is 41.9 Å². The molecule has 0 spiro atoms. The van der Waals surface area contributed by atoms with E-state index in [0.29, 0.717) is 35.2 Å². The lowest BCUT2D eigenvalue weighted by molar-refractivity contribution is -0.133. The molecule has 1 aliphatic heterocycles. The van der Waals surface area contributed by atoms with Gasteiger partial charge in [0.15, 0.2) is 0 Å². The number of thiazole rings is 1. The summed E-state index contributed by atoms with van der Waals surface area (Å²) in [6, 6.07) is 5.14. The van der Waals surface area contributed by atoms with Gasteiger partial charge in [0.2, 0.25) is 11.8 Å². The van der Waals surface area contributed by atoms with E-state index in [-0.39, 0.29) is 11.8 Å². The Kier molecular flexibility index (Phi) is 8.10. The van der Waals surface area contributed by atoms with E-state index < -0.39 is 0 Å². The topological polar surface area (TPSA) is 71.5 Å². The first-order valence-electron chi connectivity index (χ1n) is 10.3. The largest absolute Gasteiger partial charge is 0.495 e. The van der Waals surface area contributed by atoms with E-state index in [0.717, 1.165) is 44.5 Å². The quantitative estimate of drug-likeness (QED) is 0.633. The van der Waals surface area contributed by atoms with Gasteiger partial charge in [-0.1, -0.05) is 11.6 Å². The van der Waals surface area contributed by atoms with Crippen LogP contribution in [0.25, 0.3) is 0 Å². The van der Waals surface area contributed by atoms with E-state index in [1.165, 1.54) is 4.88 Å². The van der Waals surface area contributed by atoms with Crippen molar-refractivity contribution >= 4 is 40.4 Å². The lowest BCUT2D eigenvalue weighted by Gasteiger charge is -2.33. The highest BCUT2D eigenvalue weighted by Crippen LogP contribution is 2.28. The van der Waals surface area contributed by atoms with E-state index in [1.807, 2.05) is 17.3 Å². The van der Waals surface area contributed by atoms with Crippen LogP contribution in [0.5, 0.6) is 5.75 Å². The predicted octanol–water partition coefficient (Wildman–Crippen LogP) is 4.70. The molecule has 3 rings (SSSR count). The number of ether oxygens (including phenoxy) is 1. The van der Waals surface area contributed by atoms with E-state index in [4.69, 9.17) is 16.3 Å². The lowest BCUT2D eigenvalue weighted by Crippen LogP contribution is -2.40. The Bertz CT molecular complexity index is 886. The molecule has 0 saturated carbocycles. The molecule has 1 unspecified atom stereocenters. The molecule has 2 aromatic rings. The summed E-state index contributed by atoms with van der Waals surface area (Å²) in [5.41, 5.74) is 3.43. The van der Waals surface area contributed by atoms with Gasteiger partial charge in [-0.25, -0.2) is 4.98 Å². The van der Waals surface area contributed by atoms with Crippen LogP contribution in [0.4, 0.5) is 5.69 Å². The minimum absolute atomic E-state index is 0.0697. The molecule has 1 aliphatic rings. The van der Waals surface area contributed by atoms with Crippen molar-refractivity contribution < 1.29 is 14.3 Å². The molecule has 1 atom stereocenters. The number of halogens is 1. The molecule has 0 radical (unpaired) electrons. The summed E-state index contributed by atoms with van der Waals surface area (Å²) >= 11 is 7.63. The van der Waals surface area contributed by atoms with Crippen LogP contribution in [0, 0.1) is 12.8 Å². The zero-order valence-corrected chi connectivity index (χ0v) is 19.0. The summed E-state index contributed by atoms with van der Waals surface area (Å²) in [7, 11) is 1.56. The first kappa shape index (κ1) is 22.6. The number of piperidine rings is 1. The molecule has 1 aromatic carbocycles. The number of amides is 2. The fraction of sp³-hybridized carbons (Fsp3) is 0.500. The molecule has 30 heavy (non-hydrogen) atoms. The number of methoxy groups -OCH3 is 1. The average Bonchev–Trinajstić information content (AvgIpc) is 3.15. The Morgan fingerprint density at radius 1 is 1.37 bits per heavy atom. The molecule has 0 aliphatic carbocycles. The Balaban J connectivity index is 1.45. The predicted molar refractivity (Wildman–Crippen MR) is 120 cm³/mol. The first-order chi connectivity index (χ1) is 14.5. The van der Waals surface area contributed by atoms with E-state index >= 15 is 0 Å². The van der Waals surface area contributed by atoms with Crippen LogP contribution >= 0.6 is 22.9 Å². The molecule has 2 amide bonds. The van der Waals surface area contributed by atoms with Crippen molar-refractivity contribution in [2.24, 2.45) is 5.92 Å². The van der Waals surface area contributed by atoms with Crippen LogP contribution in [0.3, 0.4) is 0 Å². The second kappa shape index (κ2) is 10.8. The zero-order valence-electron chi connectivity index (χ0n) is 17.4. The molecule has 6 nitrogen and oxygen atoms in total. The molecular formula is C22H28ClN3O3S. The van der Waals surface area contributed by atoms with E-state index in [9.17, 15) is 9.59 Å². The highest BCUT2D eigenvalue weighted by Gasteiger charge is 2.24. The number of benzene rings is 1. The molecule has 1 fully saturated rings. The van der Waals surface area contributed by atoms with Crippen molar-refractivity contribution in [2.45, 2.75) is 45.4 Å². The third kappa shape index (κ3) is 6.19. The second-order valence-electron chi connectivity index (χ2n) is 7.64. The van der Waals surface area contributed by atoms with Crippen LogP contribution < -0.4 is 10.1 Å². The smallest absolute Gasteiger partial charge is 0.224 e. The van der Waals surface area contributed by atoms with E-state index in [1.54, 1.807) is 36.6 Å². The third-order valence-electron chi connectivity index (χ3n) is 5.50. The van der Waals surface area contributed by atoms with Crippen molar-refractivity contribution in [1.82, 2.24) is 9.88 Å². The van der Waals surface area contributed by atoms with Gasteiger partial charge in [0.25, 0.3) is 0 Å². The zero-order chi connectivity index (χ0) is 21.5. The highest BCUT2D eigenvalue weighted by atomic mass is 35.5. The lowest BCUT2D eigenvalue weighted by atomic mass is 9.93. The number of hydrogen-bond acceptors (Lipinski definition) is 5. The number of nitrogens with one attached hydrogen (secondary N) is 1. The number of aromatic nitrogens is 1. The van der Waals surface area contributed by atoms with Crippen LogP contribution in [0.1, 0.15) is 42.7 Å². The van der Waals surface area contributed by atoms with Gasteiger partial charge >= 0.3 is 0 Å². The highest BCUT2D eigenvalue weighted by molar-refractivity contribution is 7.09. The number of aryl methyl sites for hydroxylation is 2. The van der Waals surface area contributed by atoms with Crippen molar-refractivity contribution in [3.8, 4) is 5.75 Å². The minimum Gasteiger partial charge on any atom is -0.495 e. The number of rotatable bonds is 8. The Morgan fingerprint density at radius 2 is 2.20 bits per heavy atom. The summed E-state index contributed by atoms with van der Waals surface area (Å²) in [6.07, 6.45) is 4.46. The number of likely N-dealkylation sites (tertiary alicyclic amines) is 1. The van der Waals surface area contributed by atoms with Crippen molar-refractivity contribution in [3.05, 3.63) is 39.3 Å². The van der Waals surface area contributed by atoms with Gasteiger partial charge in [0.1, 0.15) is 5.75 Å². The monoisotopic (exact) mass is 449 g/mol. The third-order valence-corrected chi connectivity index (χ3v) is 6.73. The van der Waals surface area contributed by atoms with Gasteiger partial charge in [-0.2, -0.15) is 0 Å². The maximum Gasteiger partial charge on any atom is 0.224 e. The fourth-order valence-electron chi connectivity index (χ4n) is 3.80. The van der Waals surface area contributed by atoms with Gasteiger partial charge in [0.05, 0.1) is 24.0 Å². The van der Waals surface area contributed by atoms with Crippen molar-refractivity contribution in [1.29, 1.82) is 0 Å². The number of anilines is 1. The summed E-state index contributed by atoms with van der Waals surface area (Å²) in [6.45, 7) is 3.52. The summed E-state index contributed by atoms with van der Waals surface area (Å²) in [5, 5.41) is 3.43. The van der Waals surface area contributed by atoms with Gasteiger partial charge < -0.3 is 15.0 Å². The molecular weight excluding hydrogens is 422 g/mol. The molecule has 0 bridgehead atoms. The van der Waals surface area contributed by atoms with Crippen molar-refractivity contribution in [3.63, 3.8) is 0 Å². The normalized spacial score (nSPS) is 16.4. The molecule has 162 valence electrons. The second-order valence-corrected chi connectivity index (χ2v) is 9.02. The molecule has 8 heteroatoms. The molecule has 1 aromatic heterocycles. The molecule has 1 saturated heterocycles. The Labute approximate surface area is 186 Å². The number of carbonyl (C=O) groups is 2. The fourth-order valence-corrected chi connectivity index (χ4v) is 4.75. The van der Waals surface area contributed by atoms with Crippen LogP contribution in [0.15, 0.2) is 23.7 Å². The number of nitrogens with zero attached hydrogens (tertiary/aromatic N) is 2. The minimum atomic E-state index is -0.0697. The Morgan fingerprint density at radius 3 is 2.93 bits per heavy atom. The summed E-state index contributed by atoms with van der Waals surface area (Å²) in [5.74, 6) is 1.05. The number of carbonyl (C=O) groups excluding carboxylic acids is 2. The first-order valence-corrected chi connectivity index (χ1v) is 11.5. The van der Waals surface area contributed by atoms with Gasteiger partial charge in [-0.05, 0) is 56.7 Å². The van der Waals surface area contributed by atoms with Gasteiger partial charge in [-0.15, -0.1) is 11.3 Å². The van der Waals surface area contributed by atoms with Crippen LogP contribution in [-0.2, 0) is 16.0 Å². The van der Waals surface area contributed by atoms with E-state index in [2.05, 4.69) is 10.3 Å².